The molecule has 1 aromatic carbocycles. The molecular weight excluding hydrogens is 562 g/mol. The molecule has 12 heteroatoms. The van der Waals surface area contributed by atoms with Crippen molar-refractivity contribution in [3.8, 4) is 22.6 Å². The number of rotatable bonds is 7. The third-order valence-corrected chi connectivity index (χ3v) is 8.40. The average Bonchev–Trinajstić information content (AvgIpc) is 3.62. The number of amides is 2. The molecule has 6 rings (SSSR count). The minimum Gasteiger partial charge on any atom is -0.465 e. The molecule has 12 nitrogen and oxygen atoms in total. The third-order valence-electron chi connectivity index (χ3n) is 8.40. The monoisotopic (exact) mass is 601 g/mol. The maximum Gasteiger partial charge on any atom is 0.404 e. The number of carboxylic acid groups (broad SMARTS) is 1. The van der Waals surface area contributed by atoms with E-state index in [0.29, 0.717) is 43.3 Å². The van der Waals surface area contributed by atoms with E-state index in [1.54, 1.807) is 17.3 Å². The van der Waals surface area contributed by atoms with Crippen LogP contribution in [0.25, 0.3) is 33.5 Å². The van der Waals surface area contributed by atoms with E-state index in [1.165, 1.54) is 0 Å². The minimum absolute atomic E-state index is 0.0354. The number of fused-ring (bicyclic) bond motifs is 1. The van der Waals surface area contributed by atoms with Gasteiger partial charge in [-0.1, -0.05) is 6.07 Å². The van der Waals surface area contributed by atoms with Crippen LogP contribution in [0.2, 0.25) is 0 Å². The summed E-state index contributed by atoms with van der Waals surface area (Å²) in [6.07, 6.45) is 7.36. The Morgan fingerprint density at radius 3 is 2.68 bits per heavy atom. The molecule has 2 unspecified atom stereocenters. The van der Waals surface area contributed by atoms with Crippen molar-refractivity contribution in [2.45, 2.75) is 77.9 Å². The molecule has 2 amide bonds. The molecule has 44 heavy (non-hydrogen) atoms. The minimum atomic E-state index is -1.05. The lowest BCUT2D eigenvalue weighted by Gasteiger charge is -2.35. The highest BCUT2D eigenvalue weighted by atomic mass is 16.5. The van der Waals surface area contributed by atoms with Crippen LogP contribution in [0, 0.1) is 6.92 Å². The van der Waals surface area contributed by atoms with Crippen LogP contribution < -0.4 is 5.32 Å². The van der Waals surface area contributed by atoms with Crippen LogP contribution in [0.1, 0.15) is 67.9 Å². The summed E-state index contributed by atoms with van der Waals surface area (Å²) in [4.78, 5) is 38.7. The maximum absolute atomic E-state index is 13.4. The van der Waals surface area contributed by atoms with E-state index in [9.17, 15) is 9.59 Å². The number of hydrogen-bond donors (Lipinski definition) is 3. The molecule has 232 valence electrons. The van der Waals surface area contributed by atoms with Crippen LogP contribution in [-0.2, 0) is 15.9 Å². The number of H-pyrrole nitrogens is 1. The van der Waals surface area contributed by atoms with Crippen LogP contribution >= 0.6 is 0 Å². The maximum atomic E-state index is 13.4. The molecule has 0 bridgehead atoms. The van der Waals surface area contributed by atoms with Gasteiger partial charge in [0, 0.05) is 49.1 Å². The Bertz CT molecular complexity index is 1660. The molecule has 2 saturated heterocycles. The van der Waals surface area contributed by atoms with Gasteiger partial charge in [-0.15, -0.1) is 0 Å². The molecule has 0 spiro atoms. The Balaban J connectivity index is 1.38. The summed E-state index contributed by atoms with van der Waals surface area (Å²) in [5.41, 5.74) is 5.86. The Morgan fingerprint density at radius 1 is 1.16 bits per heavy atom. The number of aromatic amines is 1. The largest absolute Gasteiger partial charge is 0.465 e. The number of pyridine rings is 1. The van der Waals surface area contributed by atoms with Gasteiger partial charge in [-0.25, -0.2) is 14.5 Å². The first-order chi connectivity index (χ1) is 21.2. The van der Waals surface area contributed by atoms with E-state index in [1.807, 2.05) is 44.6 Å². The van der Waals surface area contributed by atoms with Crippen LogP contribution in [0.4, 0.5) is 4.79 Å². The smallest absolute Gasteiger partial charge is 0.404 e. The molecule has 0 radical (unpaired) electrons. The number of nitrogens with zero attached hydrogens (tertiary/aromatic N) is 5. The van der Waals surface area contributed by atoms with Gasteiger partial charge in [-0.3, -0.25) is 9.78 Å². The summed E-state index contributed by atoms with van der Waals surface area (Å²) in [6, 6.07) is 5.92. The fraction of sp³-hybridized carbons (Fsp3) is 0.469. The SMILES string of the molecule is Cc1c(CC(C)NC(=O)O)cncc1-c1ccc2c(c1)c(-c1ncc(C(=O)N3C[C@@H](C)O[C@@H](C)C3)[nH]1)nn2C1CCCCO1. The Labute approximate surface area is 255 Å². The predicted molar refractivity (Wildman–Crippen MR) is 164 cm³/mol. The first kappa shape index (κ1) is 29.8. The van der Waals surface area contributed by atoms with Gasteiger partial charge in [-0.2, -0.15) is 5.10 Å². The van der Waals surface area contributed by atoms with Crippen molar-refractivity contribution >= 4 is 22.9 Å². The van der Waals surface area contributed by atoms with Crippen LogP contribution in [-0.4, -0.2) is 84.7 Å². The molecule has 4 aromatic rings. The molecule has 5 heterocycles. The zero-order chi connectivity index (χ0) is 31.0. The fourth-order valence-corrected chi connectivity index (χ4v) is 6.34. The Hall–Kier alpha value is -4.29. The van der Waals surface area contributed by atoms with E-state index in [4.69, 9.17) is 19.7 Å². The molecule has 0 saturated carbocycles. The molecule has 3 aromatic heterocycles. The number of aromatic nitrogens is 5. The predicted octanol–water partition coefficient (Wildman–Crippen LogP) is 4.94. The Kier molecular flexibility index (Phi) is 8.37. The van der Waals surface area contributed by atoms with Crippen LogP contribution in [0.5, 0.6) is 0 Å². The Morgan fingerprint density at radius 2 is 1.95 bits per heavy atom. The zero-order valence-corrected chi connectivity index (χ0v) is 25.5. The standard InChI is InChI=1S/C32H39N7O5/c1-18(35-32(41)42)11-23-13-33-14-25(21(23)4)22-8-9-27-24(12-22)29(37-39(27)28-7-5-6-10-43-28)30-34-15-26(36-30)31(40)38-16-19(2)44-20(3)17-38/h8-9,12-15,18-20,28,35H,5-7,10-11,16-17H2,1-4H3,(H,34,36)(H,41,42)/t18?,19-,20+,28?. The summed E-state index contributed by atoms with van der Waals surface area (Å²) in [5, 5.41) is 17.5. The lowest BCUT2D eigenvalue weighted by Crippen LogP contribution is -2.48. The van der Waals surface area contributed by atoms with Crippen molar-refractivity contribution in [1.29, 1.82) is 0 Å². The van der Waals surface area contributed by atoms with Gasteiger partial charge in [0.2, 0.25) is 0 Å². The molecular formula is C32H39N7O5. The molecule has 2 aliphatic heterocycles. The van der Waals surface area contributed by atoms with Gasteiger partial charge in [0.25, 0.3) is 5.91 Å². The highest BCUT2D eigenvalue weighted by molar-refractivity contribution is 5.97. The zero-order valence-electron chi connectivity index (χ0n) is 25.5. The van der Waals surface area contributed by atoms with Crippen LogP contribution in [0.3, 0.4) is 0 Å². The summed E-state index contributed by atoms with van der Waals surface area (Å²) in [6.45, 7) is 9.54. The van der Waals surface area contributed by atoms with E-state index in [-0.39, 0.29) is 30.4 Å². The van der Waals surface area contributed by atoms with Gasteiger partial charge >= 0.3 is 6.09 Å². The topological polar surface area (TPSA) is 147 Å². The number of benzene rings is 1. The van der Waals surface area contributed by atoms with Crippen molar-refractivity contribution < 1.29 is 24.2 Å². The highest BCUT2D eigenvalue weighted by Gasteiger charge is 2.29. The lowest BCUT2D eigenvalue weighted by atomic mass is 9.95. The van der Waals surface area contributed by atoms with Gasteiger partial charge in [-0.05, 0) is 82.2 Å². The number of ether oxygens (including phenoxy) is 2. The van der Waals surface area contributed by atoms with E-state index >= 15 is 0 Å². The number of nitrogens with one attached hydrogen (secondary N) is 2. The average molecular weight is 602 g/mol. The van der Waals surface area contributed by atoms with Crippen molar-refractivity contribution in [2.75, 3.05) is 19.7 Å². The molecule has 3 N–H and O–H groups in total. The molecule has 2 aliphatic rings. The first-order valence-electron chi connectivity index (χ1n) is 15.2. The normalized spacial score (nSPS) is 21.4. The number of carbonyl (C=O) groups is 2. The first-order valence-corrected chi connectivity index (χ1v) is 15.2. The number of imidazole rings is 1. The van der Waals surface area contributed by atoms with Gasteiger partial charge in [0.05, 0.1) is 23.9 Å². The van der Waals surface area contributed by atoms with Crippen LogP contribution in [0.15, 0.2) is 36.8 Å². The summed E-state index contributed by atoms with van der Waals surface area (Å²) < 4.78 is 13.9. The van der Waals surface area contributed by atoms with Crippen molar-refractivity contribution in [1.82, 2.24) is 34.9 Å². The van der Waals surface area contributed by atoms with Gasteiger partial charge in [0.1, 0.15) is 11.4 Å². The molecule has 4 atom stereocenters. The summed E-state index contributed by atoms with van der Waals surface area (Å²) in [7, 11) is 0. The number of carbonyl (C=O) groups excluding carboxylic acids is 1. The van der Waals surface area contributed by atoms with E-state index in [0.717, 1.165) is 52.4 Å². The van der Waals surface area contributed by atoms with Crippen molar-refractivity contribution in [3.05, 3.63) is 53.6 Å². The van der Waals surface area contributed by atoms with E-state index < -0.39 is 6.09 Å². The lowest BCUT2D eigenvalue weighted by molar-refractivity contribution is -0.0587. The quantitative estimate of drug-likeness (QED) is 0.270. The third kappa shape index (κ3) is 6.04. The number of hydrogen-bond acceptors (Lipinski definition) is 7. The second-order valence-corrected chi connectivity index (χ2v) is 12.0. The highest BCUT2D eigenvalue weighted by Crippen LogP contribution is 2.35. The van der Waals surface area contributed by atoms with E-state index in [2.05, 4.69) is 32.4 Å². The van der Waals surface area contributed by atoms with Gasteiger partial charge < -0.3 is 29.8 Å². The summed E-state index contributed by atoms with van der Waals surface area (Å²) >= 11 is 0. The summed E-state index contributed by atoms with van der Waals surface area (Å²) in [5.74, 6) is 0.396. The molecule has 2 fully saturated rings. The van der Waals surface area contributed by atoms with Crippen molar-refractivity contribution in [2.24, 2.45) is 0 Å². The number of morpholine rings is 1. The molecule has 0 aliphatic carbocycles. The van der Waals surface area contributed by atoms with Gasteiger partial charge in [0.15, 0.2) is 12.1 Å². The second-order valence-electron chi connectivity index (χ2n) is 12.0. The fourth-order valence-electron chi connectivity index (χ4n) is 6.34. The van der Waals surface area contributed by atoms with Crippen molar-refractivity contribution in [3.63, 3.8) is 0 Å². The second kappa shape index (κ2) is 12.4.